The van der Waals surface area contributed by atoms with Crippen molar-refractivity contribution in [2.45, 2.75) is 32.4 Å². The predicted molar refractivity (Wildman–Crippen MR) is 86.9 cm³/mol. The molecule has 0 aliphatic heterocycles. The molecule has 0 amide bonds. The lowest BCUT2D eigenvalue weighted by Gasteiger charge is -2.16. The molecule has 2 rings (SSSR count). The number of thiophene rings is 1. The summed E-state index contributed by atoms with van der Waals surface area (Å²) in [6.45, 7) is 2.59. The van der Waals surface area contributed by atoms with E-state index >= 15 is 0 Å². The topological polar surface area (TPSA) is 55.2 Å². The van der Waals surface area contributed by atoms with Crippen molar-refractivity contribution in [2.24, 2.45) is 0 Å². The average Bonchev–Trinajstić information content (AvgIpc) is 2.98. The van der Waals surface area contributed by atoms with Crippen molar-refractivity contribution in [3.05, 3.63) is 61.3 Å². The summed E-state index contributed by atoms with van der Waals surface area (Å²) in [6, 6.07) is 9.14. The minimum atomic E-state index is -0.386. The Labute approximate surface area is 132 Å². The van der Waals surface area contributed by atoms with E-state index in [-0.39, 0.29) is 16.7 Å². The molecule has 0 fully saturated rings. The molecule has 1 unspecified atom stereocenters. The SMILES string of the molecule is CCCC(NCc1ccc(Cl)cc1[N+](=O)[O-])c1cccs1. The molecule has 0 aliphatic carbocycles. The number of rotatable bonds is 7. The number of hydrogen-bond donors (Lipinski definition) is 1. The molecule has 0 saturated carbocycles. The van der Waals surface area contributed by atoms with E-state index in [2.05, 4.69) is 18.3 Å². The summed E-state index contributed by atoms with van der Waals surface area (Å²) in [5, 5.41) is 16.9. The van der Waals surface area contributed by atoms with Gasteiger partial charge in [-0.05, 0) is 30.0 Å². The highest BCUT2D eigenvalue weighted by molar-refractivity contribution is 7.10. The number of nitro benzene ring substituents is 1. The third kappa shape index (κ3) is 4.27. The minimum Gasteiger partial charge on any atom is -0.305 e. The van der Waals surface area contributed by atoms with Gasteiger partial charge in [-0.25, -0.2) is 0 Å². The molecule has 6 heteroatoms. The number of nitrogens with zero attached hydrogens (tertiary/aromatic N) is 1. The molecule has 1 atom stereocenters. The van der Waals surface area contributed by atoms with Gasteiger partial charge in [0.15, 0.2) is 0 Å². The second kappa shape index (κ2) is 7.54. The summed E-state index contributed by atoms with van der Waals surface area (Å²) < 4.78 is 0. The van der Waals surface area contributed by atoms with Gasteiger partial charge in [0.1, 0.15) is 0 Å². The van der Waals surface area contributed by atoms with E-state index < -0.39 is 0 Å². The highest BCUT2D eigenvalue weighted by Crippen LogP contribution is 2.26. The van der Waals surface area contributed by atoms with Crippen LogP contribution in [-0.4, -0.2) is 4.92 Å². The Balaban J connectivity index is 2.12. The summed E-state index contributed by atoms with van der Waals surface area (Å²) in [5.74, 6) is 0. The smallest absolute Gasteiger partial charge is 0.275 e. The third-order valence-electron chi connectivity index (χ3n) is 3.25. The molecule has 1 aromatic carbocycles. The molecule has 0 spiro atoms. The maximum atomic E-state index is 11.1. The third-order valence-corrected chi connectivity index (χ3v) is 4.47. The molecule has 4 nitrogen and oxygen atoms in total. The fraction of sp³-hybridized carbons (Fsp3) is 0.333. The number of halogens is 1. The Morgan fingerprint density at radius 1 is 1.43 bits per heavy atom. The lowest BCUT2D eigenvalue weighted by Crippen LogP contribution is -2.20. The van der Waals surface area contributed by atoms with Crippen LogP contribution >= 0.6 is 22.9 Å². The van der Waals surface area contributed by atoms with E-state index in [1.54, 1.807) is 23.5 Å². The van der Waals surface area contributed by atoms with Crippen molar-refractivity contribution in [1.82, 2.24) is 5.32 Å². The molecule has 1 heterocycles. The summed E-state index contributed by atoms with van der Waals surface area (Å²) in [6.07, 6.45) is 2.06. The second-order valence-electron chi connectivity index (χ2n) is 4.77. The molecular weight excluding hydrogens is 308 g/mol. The van der Waals surface area contributed by atoms with Crippen molar-refractivity contribution < 1.29 is 4.92 Å². The molecule has 0 saturated heterocycles. The van der Waals surface area contributed by atoms with Crippen LogP contribution in [0.4, 0.5) is 5.69 Å². The number of nitro groups is 1. The summed E-state index contributed by atoms with van der Waals surface area (Å²) in [4.78, 5) is 12.0. The zero-order chi connectivity index (χ0) is 15.2. The normalized spacial score (nSPS) is 12.3. The minimum absolute atomic E-state index is 0.0661. The van der Waals surface area contributed by atoms with Crippen molar-refractivity contribution in [3.8, 4) is 0 Å². The molecule has 2 aromatic rings. The van der Waals surface area contributed by atoms with E-state index in [0.29, 0.717) is 17.1 Å². The van der Waals surface area contributed by atoms with Gasteiger partial charge in [0.05, 0.1) is 4.92 Å². The van der Waals surface area contributed by atoms with Crippen LogP contribution in [0.2, 0.25) is 5.02 Å². The van der Waals surface area contributed by atoms with Crippen molar-refractivity contribution in [3.63, 3.8) is 0 Å². The van der Waals surface area contributed by atoms with Gasteiger partial charge < -0.3 is 5.32 Å². The fourth-order valence-electron chi connectivity index (χ4n) is 2.21. The van der Waals surface area contributed by atoms with Gasteiger partial charge in [-0.2, -0.15) is 0 Å². The van der Waals surface area contributed by atoms with Gasteiger partial charge in [-0.3, -0.25) is 10.1 Å². The first-order chi connectivity index (χ1) is 10.1. The molecule has 112 valence electrons. The first-order valence-corrected chi connectivity index (χ1v) is 8.07. The Morgan fingerprint density at radius 3 is 2.86 bits per heavy atom. The monoisotopic (exact) mass is 324 g/mol. The maximum absolute atomic E-state index is 11.1. The van der Waals surface area contributed by atoms with E-state index in [4.69, 9.17) is 11.6 Å². The number of nitrogens with one attached hydrogen (secondary N) is 1. The van der Waals surface area contributed by atoms with Crippen molar-refractivity contribution in [1.29, 1.82) is 0 Å². The Kier molecular flexibility index (Phi) is 5.73. The van der Waals surface area contributed by atoms with E-state index in [0.717, 1.165) is 12.8 Å². The Hall–Kier alpha value is -1.43. The van der Waals surface area contributed by atoms with Crippen molar-refractivity contribution in [2.75, 3.05) is 0 Å². The zero-order valence-electron chi connectivity index (χ0n) is 11.7. The van der Waals surface area contributed by atoms with Gasteiger partial charge in [0.25, 0.3) is 5.69 Å². The lowest BCUT2D eigenvalue weighted by molar-refractivity contribution is -0.385. The van der Waals surface area contributed by atoms with Gasteiger partial charge >= 0.3 is 0 Å². The fourth-order valence-corrected chi connectivity index (χ4v) is 3.22. The van der Waals surface area contributed by atoms with Crippen LogP contribution < -0.4 is 5.32 Å². The lowest BCUT2D eigenvalue weighted by atomic mass is 10.1. The first kappa shape index (κ1) is 15.9. The molecular formula is C15H17ClN2O2S. The first-order valence-electron chi connectivity index (χ1n) is 6.81. The summed E-state index contributed by atoms with van der Waals surface area (Å²) >= 11 is 7.53. The van der Waals surface area contributed by atoms with E-state index in [9.17, 15) is 10.1 Å². The second-order valence-corrected chi connectivity index (χ2v) is 6.18. The number of hydrogen-bond acceptors (Lipinski definition) is 4. The van der Waals surface area contributed by atoms with Crippen LogP contribution in [0.15, 0.2) is 35.7 Å². The molecule has 1 aromatic heterocycles. The quantitative estimate of drug-likeness (QED) is 0.579. The molecule has 1 N–H and O–H groups in total. The molecule has 21 heavy (non-hydrogen) atoms. The van der Waals surface area contributed by atoms with Gasteiger partial charge in [0, 0.05) is 34.1 Å². The predicted octanol–water partition coefficient (Wildman–Crippen LogP) is 4.94. The molecule has 0 aliphatic rings. The Morgan fingerprint density at radius 2 is 2.24 bits per heavy atom. The van der Waals surface area contributed by atoms with Gasteiger partial charge in [-0.15, -0.1) is 11.3 Å². The largest absolute Gasteiger partial charge is 0.305 e. The highest BCUT2D eigenvalue weighted by atomic mass is 35.5. The molecule has 0 bridgehead atoms. The summed E-state index contributed by atoms with van der Waals surface area (Å²) in [5.41, 5.74) is 0.721. The average molecular weight is 325 g/mol. The van der Waals surface area contributed by atoms with Crippen LogP contribution in [0.5, 0.6) is 0 Å². The standard InChI is InChI=1S/C15H17ClN2O2S/c1-2-4-13(15-5-3-8-21-15)17-10-11-6-7-12(16)9-14(11)18(19)20/h3,5-9,13,17H,2,4,10H2,1H3. The van der Waals surface area contributed by atoms with Crippen LogP contribution in [0.3, 0.4) is 0 Å². The van der Waals surface area contributed by atoms with Gasteiger partial charge in [-0.1, -0.05) is 31.0 Å². The zero-order valence-corrected chi connectivity index (χ0v) is 13.3. The maximum Gasteiger partial charge on any atom is 0.275 e. The van der Waals surface area contributed by atoms with Crippen molar-refractivity contribution >= 4 is 28.6 Å². The van der Waals surface area contributed by atoms with Gasteiger partial charge in [0.2, 0.25) is 0 Å². The van der Waals surface area contributed by atoms with Crippen LogP contribution in [0.1, 0.15) is 36.2 Å². The van der Waals surface area contributed by atoms with Crippen LogP contribution in [0, 0.1) is 10.1 Å². The molecule has 0 radical (unpaired) electrons. The highest BCUT2D eigenvalue weighted by Gasteiger charge is 2.17. The van der Waals surface area contributed by atoms with Crippen LogP contribution in [0.25, 0.3) is 0 Å². The van der Waals surface area contributed by atoms with Crippen LogP contribution in [-0.2, 0) is 6.54 Å². The number of benzene rings is 1. The Bertz CT molecular complexity index is 602. The summed E-state index contributed by atoms with van der Waals surface area (Å²) in [7, 11) is 0. The van der Waals surface area contributed by atoms with E-state index in [1.165, 1.54) is 10.9 Å². The van der Waals surface area contributed by atoms with E-state index in [1.807, 2.05) is 11.4 Å².